The molecule has 1 heterocycles. The van der Waals surface area contributed by atoms with Crippen LogP contribution in [0.1, 0.15) is 65.2 Å². The first-order chi connectivity index (χ1) is 9.99. The van der Waals surface area contributed by atoms with Gasteiger partial charge in [-0.25, -0.2) is 0 Å². The maximum Gasteiger partial charge on any atom is 0.155 e. The quantitative estimate of drug-likeness (QED) is 0.629. The van der Waals surface area contributed by atoms with Crippen LogP contribution in [0.25, 0.3) is 0 Å². The van der Waals surface area contributed by atoms with Crippen LogP contribution in [-0.4, -0.2) is 17.0 Å². The summed E-state index contributed by atoms with van der Waals surface area (Å²) in [4.78, 5) is 11.8. The molecule has 3 unspecified atom stereocenters. The van der Waals surface area contributed by atoms with E-state index in [1.807, 2.05) is 6.08 Å². The Morgan fingerprint density at radius 3 is 2.67 bits per heavy atom. The van der Waals surface area contributed by atoms with E-state index < -0.39 is 0 Å². The molecule has 1 aliphatic heterocycles. The first-order valence-corrected chi connectivity index (χ1v) is 8.93. The second-order valence-electron chi connectivity index (χ2n) is 8.77. The van der Waals surface area contributed by atoms with Crippen molar-refractivity contribution in [2.24, 2.45) is 23.2 Å². The van der Waals surface area contributed by atoms with Crippen LogP contribution in [0.15, 0.2) is 11.6 Å². The van der Waals surface area contributed by atoms with Crippen LogP contribution in [0, 0.1) is 23.2 Å². The highest BCUT2D eigenvalue weighted by Crippen LogP contribution is 2.72. The molecular formula is C19H26O2. The van der Waals surface area contributed by atoms with Gasteiger partial charge in [-0.2, -0.15) is 0 Å². The Balaban J connectivity index is 1.52. The molecule has 0 radical (unpaired) electrons. The molecule has 5 rings (SSSR count). The Kier molecular flexibility index (Phi) is 2.23. The summed E-state index contributed by atoms with van der Waals surface area (Å²) in [7, 11) is 0. The van der Waals surface area contributed by atoms with Crippen molar-refractivity contribution < 1.29 is 9.53 Å². The molecule has 6 atom stereocenters. The molecule has 0 aromatic rings. The van der Waals surface area contributed by atoms with Crippen molar-refractivity contribution in [3.05, 3.63) is 11.6 Å². The van der Waals surface area contributed by atoms with Gasteiger partial charge in [-0.05, 0) is 81.1 Å². The zero-order valence-corrected chi connectivity index (χ0v) is 13.3. The summed E-state index contributed by atoms with van der Waals surface area (Å²) in [6.07, 6.45) is 11.6. The van der Waals surface area contributed by atoms with Gasteiger partial charge >= 0.3 is 0 Å². The molecule has 2 heteroatoms. The topological polar surface area (TPSA) is 29.6 Å². The second-order valence-corrected chi connectivity index (χ2v) is 8.77. The van der Waals surface area contributed by atoms with Gasteiger partial charge in [-0.15, -0.1) is 0 Å². The first-order valence-electron chi connectivity index (χ1n) is 8.93. The Bertz CT molecular complexity index is 564. The highest BCUT2D eigenvalue weighted by atomic mass is 16.6. The summed E-state index contributed by atoms with van der Waals surface area (Å²) < 4.78 is 6.30. The second kappa shape index (κ2) is 3.64. The minimum atomic E-state index is 0.224. The Labute approximate surface area is 127 Å². The number of hydrogen-bond acceptors (Lipinski definition) is 2. The monoisotopic (exact) mass is 286 g/mol. The largest absolute Gasteiger partial charge is 0.363 e. The molecule has 2 nitrogen and oxygen atoms in total. The normalized spacial score (nSPS) is 57.7. The van der Waals surface area contributed by atoms with Gasteiger partial charge in [0, 0.05) is 6.42 Å². The molecule has 0 bridgehead atoms. The Morgan fingerprint density at radius 2 is 1.86 bits per heavy atom. The number of fused-ring (bicyclic) bond motifs is 4. The number of hydrogen-bond donors (Lipinski definition) is 0. The molecule has 5 aliphatic rings. The van der Waals surface area contributed by atoms with Gasteiger partial charge in [0.05, 0.1) is 5.60 Å². The van der Waals surface area contributed by atoms with Crippen LogP contribution in [-0.2, 0) is 9.53 Å². The van der Waals surface area contributed by atoms with E-state index in [1.165, 1.54) is 37.7 Å². The van der Waals surface area contributed by atoms with Crippen LogP contribution in [0.2, 0.25) is 0 Å². The lowest BCUT2D eigenvalue weighted by atomic mass is 9.49. The summed E-state index contributed by atoms with van der Waals surface area (Å²) in [5, 5.41) is 0. The summed E-state index contributed by atoms with van der Waals surface area (Å²) in [6, 6.07) is 0. The van der Waals surface area contributed by atoms with E-state index >= 15 is 0 Å². The van der Waals surface area contributed by atoms with Crippen LogP contribution >= 0.6 is 0 Å². The highest BCUT2D eigenvalue weighted by Gasteiger charge is 2.76. The van der Waals surface area contributed by atoms with Crippen LogP contribution in [0.3, 0.4) is 0 Å². The van der Waals surface area contributed by atoms with E-state index in [2.05, 4.69) is 13.8 Å². The minimum absolute atomic E-state index is 0.224. The number of allylic oxidation sites excluding steroid dienone is 1. The molecule has 0 aromatic carbocycles. The zero-order valence-electron chi connectivity index (χ0n) is 13.3. The minimum Gasteiger partial charge on any atom is -0.363 e. The molecule has 21 heavy (non-hydrogen) atoms. The number of ketones is 1. The molecule has 0 amide bonds. The molecule has 3 saturated carbocycles. The highest BCUT2D eigenvalue weighted by molar-refractivity contribution is 5.91. The molecule has 114 valence electrons. The maximum atomic E-state index is 11.8. The van der Waals surface area contributed by atoms with Crippen molar-refractivity contribution in [2.45, 2.75) is 76.4 Å². The predicted octanol–water partition coefficient (Wildman–Crippen LogP) is 4.04. The van der Waals surface area contributed by atoms with E-state index in [4.69, 9.17) is 4.74 Å². The lowest BCUT2D eigenvalue weighted by Gasteiger charge is -2.55. The van der Waals surface area contributed by atoms with E-state index in [1.54, 1.807) is 0 Å². The third kappa shape index (κ3) is 1.37. The average molecular weight is 286 g/mol. The van der Waals surface area contributed by atoms with Gasteiger partial charge in [-0.1, -0.05) is 12.5 Å². The molecule has 0 aromatic heterocycles. The first kappa shape index (κ1) is 12.9. The standard InChI is InChI=1S/C19H26O2/c1-17-8-5-13(20)11-12(17)3-4-14-15(17)7-10-19-16(14)6-9-18(19,2)21-19/h11,14-16H,3-10H2,1-2H3/t14-,15+,16+,17?,18?,19?/m1/s1. The smallest absolute Gasteiger partial charge is 0.155 e. The summed E-state index contributed by atoms with van der Waals surface area (Å²) in [6.45, 7) is 4.81. The average Bonchev–Trinajstić information content (AvgIpc) is 2.92. The van der Waals surface area contributed by atoms with E-state index in [0.29, 0.717) is 11.2 Å². The molecule has 1 spiro atoms. The van der Waals surface area contributed by atoms with Crippen LogP contribution < -0.4 is 0 Å². The SMILES string of the molecule is CC12CCC(=O)C=C1CC[C@@H]1[C@@H]2CCC23OC2(C)CC[C@@H]13. The fourth-order valence-corrected chi connectivity index (χ4v) is 6.97. The summed E-state index contributed by atoms with van der Waals surface area (Å²) >= 11 is 0. The third-order valence-corrected chi connectivity index (χ3v) is 8.18. The Hall–Kier alpha value is -0.630. The number of ether oxygens (including phenoxy) is 1. The van der Waals surface area contributed by atoms with Crippen LogP contribution in [0.4, 0.5) is 0 Å². The fourth-order valence-electron chi connectivity index (χ4n) is 6.97. The van der Waals surface area contributed by atoms with E-state index in [0.717, 1.165) is 37.0 Å². The van der Waals surface area contributed by atoms with Crippen molar-refractivity contribution >= 4 is 5.78 Å². The van der Waals surface area contributed by atoms with Gasteiger partial charge < -0.3 is 4.74 Å². The molecule has 4 aliphatic carbocycles. The van der Waals surface area contributed by atoms with Gasteiger partial charge in [0.2, 0.25) is 0 Å². The van der Waals surface area contributed by atoms with Gasteiger partial charge in [-0.3, -0.25) is 4.79 Å². The third-order valence-electron chi connectivity index (χ3n) is 8.18. The van der Waals surface area contributed by atoms with Gasteiger partial charge in [0.1, 0.15) is 5.60 Å². The zero-order chi connectivity index (χ0) is 14.5. The molecule has 1 saturated heterocycles. The predicted molar refractivity (Wildman–Crippen MR) is 80.8 cm³/mol. The van der Waals surface area contributed by atoms with Gasteiger partial charge in [0.15, 0.2) is 5.78 Å². The number of rotatable bonds is 0. The van der Waals surface area contributed by atoms with Crippen molar-refractivity contribution in [2.75, 3.05) is 0 Å². The van der Waals surface area contributed by atoms with Crippen molar-refractivity contribution in [1.29, 1.82) is 0 Å². The lowest BCUT2D eigenvalue weighted by molar-refractivity contribution is -0.117. The molecular weight excluding hydrogens is 260 g/mol. The summed E-state index contributed by atoms with van der Waals surface area (Å²) in [5.74, 6) is 2.82. The van der Waals surface area contributed by atoms with Gasteiger partial charge in [0.25, 0.3) is 0 Å². The number of carbonyl (C=O) groups is 1. The van der Waals surface area contributed by atoms with Crippen molar-refractivity contribution in [3.63, 3.8) is 0 Å². The summed E-state index contributed by atoms with van der Waals surface area (Å²) in [5.41, 5.74) is 2.28. The number of epoxide rings is 1. The lowest BCUT2D eigenvalue weighted by Crippen LogP contribution is -2.50. The molecule has 4 fully saturated rings. The van der Waals surface area contributed by atoms with E-state index in [9.17, 15) is 4.79 Å². The van der Waals surface area contributed by atoms with E-state index in [-0.39, 0.29) is 11.2 Å². The maximum absolute atomic E-state index is 11.8. The Morgan fingerprint density at radius 1 is 1.05 bits per heavy atom. The molecule has 0 N–H and O–H groups in total. The van der Waals surface area contributed by atoms with Crippen LogP contribution in [0.5, 0.6) is 0 Å². The number of carbonyl (C=O) groups excluding carboxylic acids is 1. The fraction of sp³-hybridized carbons (Fsp3) is 0.842. The van der Waals surface area contributed by atoms with Crippen molar-refractivity contribution in [3.8, 4) is 0 Å². The van der Waals surface area contributed by atoms with Crippen molar-refractivity contribution in [1.82, 2.24) is 0 Å².